The highest BCUT2D eigenvalue weighted by Gasteiger charge is 2.17. The number of hydrogen-bond acceptors (Lipinski definition) is 5. The molecule has 2 rings (SSSR count). The molecule has 0 aliphatic carbocycles. The summed E-state index contributed by atoms with van der Waals surface area (Å²) < 4.78 is 1.27. The van der Waals surface area contributed by atoms with E-state index in [0.717, 1.165) is 0 Å². The van der Waals surface area contributed by atoms with Crippen LogP contribution in [0.15, 0.2) is 36.5 Å². The maximum absolute atomic E-state index is 11.8. The zero-order valence-electron chi connectivity index (χ0n) is 11.3. The summed E-state index contributed by atoms with van der Waals surface area (Å²) in [5, 5.41) is 26.6. The number of nitrogens with zero attached hydrogens (tertiary/aromatic N) is 3. The topological polar surface area (TPSA) is 110 Å². The van der Waals surface area contributed by atoms with Crippen molar-refractivity contribution >= 4 is 11.6 Å². The third kappa shape index (κ3) is 3.42. The standard InChI is InChI=1S/C13H14N4O4/c1-9(18)8-14-13(19)10-6-7-16(15-10)11-4-2-3-5-12(11)17(20)21/h2-7,9,18H,8H2,1H3,(H,14,19). The fourth-order valence-electron chi connectivity index (χ4n) is 1.72. The van der Waals surface area contributed by atoms with Crippen molar-refractivity contribution in [2.24, 2.45) is 0 Å². The molecule has 0 radical (unpaired) electrons. The van der Waals surface area contributed by atoms with Gasteiger partial charge in [0, 0.05) is 18.8 Å². The molecule has 1 aromatic heterocycles. The lowest BCUT2D eigenvalue weighted by molar-refractivity contribution is -0.384. The Labute approximate surface area is 120 Å². The Balaban J connectivity index is 2.24. The molecule has 21 heavy (non-hydrogen) atoms. The van der Waals surface area contributed by atoms with Gasteiger partial charge in [-0.15, -0.1) is 0 Å². The third-order valence-corrected chi connectivity index (χ3v) is 2.70. The second kappa shape index (κ2) is 6.14. The number of hydrogen-bond donors (Lipinski definition) is 2. The van der Waals surface area contributed by atoms with Crippen LogP contribution in [0.25, 0.3) is 5.69 Å². The summed E-state index contributed by atoms with van der Waals surface area (Å²) in [4.78, 5) is 22.2. The lowest BCUT2D eigenvalue weighted by Gasteiger charge is -2.05. The quantitative estimate of drug-likeness (QED) is 0.627. The minimum atomic E-state index is -0.661. The van der Waals surface area contributed by atoms with Gasteiger partial charge in [-0.05, 0) is 19.1 Å². The molecule has 1 unspecified atom stereocenters. The van der Waals surface area contributed by atoms with Crippen molar-refractivity contribution in [2.45, 2.75) is 13.0 Å². The number of aromatic nitrogens is 2. The molecule has 1 atom stereocenters. The van der Waals surface area contributed by atoms with Gasteiger partial charge in [-0.2, -0.15) is 5.10 Å². The van der Waals surface area contributed by atoms with E-state index < -0.39 is 16.9 Å². The smallest absolute Gasteiger partial charge is 0.294 e. The van der Waals surface area contributed by atoms with Crippen LogP contribution >= 0.6 is 0 Å². The largest absolute Gasteiger partial charge is 0.392 e. The van der Waals surface area contributed by atoms with Crippen LogP contribution in [0.1, 0.15) is 17.4 Å². The van der Waals surface area contributed by atoms with Crippen LogP contribution in [0.2, 0.25) is 0 Å². The Kier molecular flexibility index (Phi) is 4.29. The minimum absolute atomic E-state index is 0.100. The number of rotatable bonds is 5. The van der Waals surface area contributed by atoms with Gasteiger partial charge in [0.25, 0.3) is 11.6 Å². The van der Waals surface area contributed by atoms with Gasteiger partial charge in [-0.3, -0.25) is 14.9 Å². The molecule has 0 fully saturated rings. The van der Waals surface area contributed by atoms with Crippen LogP contribution in [0.5, 0.6) is 0 Å². The number of carbonyl (C=O) groups excluding carboxylic acids is 1. The predicted octanol–water partition coefficient (Wildman–Crippen LogP) is 0.891. The zero-order valence-corrected chi connectivity index (χ0v) is 11.3. The van der Waals surface area contributed by atoms with Crippen LogP contribution in [0.4, 0.5) is 5.69 Å². The lowest BCUT2D eigenvalue weighted by atomic mass is 10.3. The van der Waals surface area contributed by atoms with Crippen molar-refractivity contribution in [3.05, 3.63) is 52.3 Å². The summed E-state index contributed by atoms with van der Waals surface area (Å²) >= 11 is 0. The van der Waals surface area contributed by atoms with E-state index in [1.54, 1.807) is 25.1 Å². The van der Waals surface area contributed by atoms with E-state index in [-0.39, 0.29) is 23.6 Å². The minimum Gasteiger partial charge on any atom is -0.392 e. The number of aliphatic hydroxyl groups is 1. The van der Waals surface area contributed by atoms with Gasteiger partial charge in [0.15, 0.2) is 5.69 Å². The molecular formula is C13H14N4O4. The number of nitro benzene ring substituents is 1. The molecule has 1 aromatic carbocycles. The number of para-hydroxylation sites is 2. The van der Waals surface area contributed by atoms with Crippen LogP contribution in [0.3, 0.4) is 0 Å². The second-order valence-corrected chi connectivity index (χ2v) is 4.45. The summed E-state index contributed by atoms with van der Waals surface area (Å²) in [5.41, 5.74) is 0.294. The van der Waals surface area contributed by atoms with Crippen molar-refractivity contribution in [3.8, 4) is 5.69 Å². The van der Waals surface area contributed by atoms with E-state index in [1.807, 2.05) is 0 Å². The average molecular weight is 290 g/mol. The highest BCUT2D eigenvalue weighted by molar-refractivity contribution is 5.92. The van der Waals surface area contributed by atoms with E-state index in [9.17, 15) is 14.9 Å². The Morgan fingerprint density at radius 2 is 2.19 bits per heavy atom. The van der Waals surface area contributed by atoms with E-state index in [4.69, 9.17) is 5.11 Å². The molecule has 8 nitrogen and oxygen atoms in total. The van der Waals surface area contributed by atoms with E-state index in [2.05, 4.69) is 10.4 Å². The Morgan fingerprint density at radius 1 is 1.48 bits per heavy atom. The third-order valence-electron chi connectivity index (χ3n) is 2.70. The Morgan fingerprint density at radius 3 is 2.86 bits per heavy atom. The fourth-order valence-corrected chi connectivity index (χ4v) is 1.72. The molecule has 0 bridgehead atoms. The molecule has 2 aromatic rings. The molecule has 8 heteroatoms. The fraction of sp³-hybridized carbons (Fsp3) is 0.231. The number of aliphatic hydroxyl groups excluding tert-OH is 1. The van der Waals surface area contributed by atoms with Crippen molar-refractivity contribution in [1.29, 1.82) is 0 Å². The van der Waals surface area contributed by atoms with Crippen molar-refractivity contribution in [2.75, 3.05) is 6.54 Å². The molecule has 110 valence electrons. The average Bonchev–Trinajstić information content (AvgIpc) is 2.94. The zero-order chi connectivity index (χ0) is 15.4. The van der Waals surface area contributed by atoms with E-state index >= 15 is 0 Å². The predicted molar refractivity (Wildman–Crippen MR) is 74.2 cm³/mol. The van der Waals surface area contributed by atoms with Gasteiger partial charge in [0.1, 0.15) is 5.69 Å². The maximum atomic E-state index is 11.8. The first-order chi connectivity index (χ1) is 9.99. The van der Waals surface area contributed by atoms with Gasteiger partial charge < -0.3 is 10.4 Å². The molecule has 1 amide bonds. The van der Waals surface area contributed by atoms with Crippen LogP contribution in [-0.4, -0.2) is 38.4 Å². The molecule has 0 saturated carbocycles. The first-order valence-corrected chi connectivity index (χ1v) is 6.25. The van der Waals surface area contributed by atoms with E-state index in [1.165, 1.54) is 23.0 Å². The molecule has 1 heterocycles. The van der Waals surface area contributed by atoms with Gasteiger partial charge in [-0.1, -0.05) is 12.1 Å². The van der Waals surface area contributed by atoms with Crippen LogP contribution < -0.4 is 5.32 Å². The van der Waals surface area contributed by atoms with Crippen molar-refractivity contribution in [1.82, 2.24) is 15.1 Å². The summed E-state index contributed by atoms with van der Waals surface area (Å²) in [7, 11) is 0. The Bertz CT molecular complexity index is 666. The molecule has 0 spiro atoms. The Hall–Kier alpha value is -2.74. The van der Waals surface area contributed by atoms with Gasteiger partial charge in [0.05, 0.1) is 11.0 Å². The summed E-state index contributed by atoms with van der Waals surface area (Å²) in [6.07, 6.45) is 0.811. The maximum Gasteiger partial charge on any atom is 0.294 e. The molecule has 0 aliphatic rings. The normalized spacial score (nSPS) is 11.9. The molecule has 0 aliphatic heterocycles. The number of nitrogens with one attached hydrogen (secondary N) is 1. The van der Waals surface area contributed by atoms with E-state index in [0.29, 0.717) is 0 Å². The number of carbonyl (C=O) groups is 1. The van der Waals surface area contributed by atoms with Gasteiger partial charge in [0.2, 0.25) is 0 Å². The molecular weight excluding hydrogens is 276 g/mol. The van der Waals surface area contributed by atoms with Crippen LogP contribution in [0, 0.1) is 10.1 Å². The second-order valence-electron chi connectivity index (χ2n) is 4.45. The summed E-state index contributed by atoms with van der Waals surface area (Å²) in [6, 6.07) is 7.57. The summed E-state index contributed by atoms with van der Waals surface area (Å²) in [6.45, 7) is 1.66. The number of nitro groups is 1. The first-order valence-electron chi connectivity index (χ1n) is 6.25. The summed E-state index contributed by atoms with van der Waals surface area (Å²) in [5.74, 6) is -0.451. The number of benzene rings is 1. The SMILES string of the molecule is CC(O)CNC(=O)c1ccn(-c2ccccc2[N+](=O)[O-])n1. The monoisotopic (exact) mass is 290 g/mol. The lowest BCUT2D eigenvalue weighted by Crippen LogP contribution is -2.30. The highest BCUT2D eigenvalue weighted by Crippen LogP contribution is 2.21. The van der Waals surface area contributed by atoms with Crippen molar-refractivity contribution < 1.29 is 14.8 Å². The molecule has 0 saturated heterocycles. The first kappa shape index (κ1) is 14.7. The molecule has 2 N–H and O–H groups in total. The number of amides is 1. The van der Waals surface area contributed by atoms with Crippen molar-refractivity contribution in [3.63, 3.8) is 0 Å². The van der Waals surface area contributed by atoms with Gasteiger partial charge >= 0.3 is 0 Å². The van der Waals surface area contributed by atoms with Gasteiger partial charge in [-0.25, -0.2) is 4.68 Å². The highest BCUT2D eigenvalue weighted by atomic mass is 16.6. The van der Waals surface area contributed by atoms with Crippen LogP contribution in [-0.2, 0) is 0 Å².